The quantitative estimate of drug-likeness (QED) is 0.889. The highest BCUT2D eigenvalue weighted by Gasteiger charge is 2.13. The van der Waals surface area contributed by atoms with E-state index in [1.165, 1.54) is 29.6 Å². The molecule has 0 spiro atoms. The molecule has 2 heterocycles. The average molecular weight is 301 g/mol. The first kappa shape index (κ1) is 15.4. The molecule has 3 rings (SSSR count). The molecule has 1 aromatic carbocycles. The first-order chi connectivity index (χ1) is 10.8. The molecule has 1 fully saturated rings. The summed E-state index contributed by atoms with van der Waals surface area (Å²) < 4.78 is 7.77. The Morgan fingerprint density at radius 2 is 2.00 bits per heavy atom. The fourth-order valence-corrected chi connectivity index (χ4v) is 3.31. The molecule has 0 saturated carbocycles. The maximum Gasteiger partial charge on any atom is 0.120 e. The molecular weight excluding hydrogens is 274 g/mol. The highest BCUT2D eigenvalue weighted by molar-refractivity contribution is 5.85. The monoisotopic (exact) mass is 301 g/mol. The number of fused-ring (bicyclic) bond motifs is 1. The van der Waals surface area contributed by atoms with Crippen molar-refractivity contribution in [2.24, 2.45) is 0 Å². The molecule has 0 atom stereocenters. The third-order valence-electron chi connectivity index (χ3n) is 4.54. The van der Waals surface area contributed by atoms with E-state index < -0.39 is 0 Å². The zero-order valence-electron chi connectivity index (χ0n) is 13.8. The largest absolute Gasteiger partial charge is 0.497 e. The minimum absolute atomic E-state index is 0.941. The SMILES string of the molecule is CCCn1cc(CCN2CCNCC2)c2ccc(OC)cc21. The molecule has 22 heavy (non-hydrogen) atoms. The maximum atomic E-state index is 5.39. The molecule has 4 nitrogen and oxygen atoms in total. The molecule has 1 aromatic heterocycles. The van der Waals surface area contributed by atoms with Crippen molar-refractivity contribution in [1.82, 2.24) is 14.8 Å². The molecule has 1 aliphatic heterocycles. The summed E-state index contributed by atoms with van der Waals surface area (Å²) in [5, 5.41) is 4.80. The Hall–Kier alpha value is -1.52. The number of hydrogen-bond donors (Lipinski definition) is 1. The molecule has 4 heteroatoms. The van der Waals surface area contributed by atoms with E-state index >= 15 is 0 Å². The number of nitrogens with zero attached hydrogens (tertiary/aromatic N) is 2. The van der Waals surface area contributed by atoms with Crippen LogP contribution in [0.25, 0.3) is 10.9 Å². The van der Waals surface area contributed by atoms with Crippen LogP contribution in [0.15, 0.2) is 24.4 Å². The highest BCUT2D eigenvalue weighted by Crippen LogP contribution is 2.26. The van der Waals surface area contributed by atoms with Gasteiger partial charge in [0.05, 0.1) is 12.6 Å². The van der Waals surface area contributed by atoms with Gasteiger partial charge in [0.15, 0.2) is 0 Å². The van der Waals surface area contributed by atoms with E-state index in [2.05, 4.69) is 46.1 Å². The number of aromatic nitrogens is 1. The topological polar surface area (TPSA) is 29.4 Å². The van der Waals surface area contributed by atoms with Crippen LogP contribution in [-0.2, 0) is 13.0 Å². The molecule has 0 radical (unpaired) electrons. The molecule has 0 bridgehead atoms. The Labute approximate surface area is 133 Å². The van der Waals surface area contributed by atoms with Gasteiger partial charge >= 0.3 is 0 Å². The Bertz CT molecular complexity index is 614. The molecule has 2 aromatic rings. The number of nitrogens with one attached hydrogen (secondary N) is 1. The molecular formula is C18H27N3O. The van der Waals surface area contributed by atoms with Gasteiger partial charge in [0.2, 0.25) is 0 Å². The van der Waals surface area contributed by atoms with E-state index in [-0.39, 0.29) is 0 Å². The second kappa shape index (κ2) is 7.16. The van der Waals surface area contributed by atoms with Crippen LogP contribution < -0.4 is 10.1 Å². The Kier molecular flexibility index (Phi) is 5.01. The Morgan fingerprint density at radius 3 is 2.73 bits per heavy atom. The summed E-state index contributed by atoms with van der Waals surface area (Å²) in [6, 6.07) is 6.46. The van der Waals surface area contributed by atoms with E-state index in [0.717, 1.165) is 44.8 Å². The van der Waals surface area contributed by atoms with Gasteiger partial charge in [-0.25, -0.2) is 0 Å². The lowest BCUT2D eigenvalue weighted by Gasteiger charge is -2.26. The second-order valence-electron chi connectivity index (χ2n) is 6.07. The molecule has 0 aliphatic carbocycles. The van der Waals surface area contributed by atoms with Gasteiger partial charge in [-0.15, -0.1) is 0 Å². The Morgan fingerprint density at radius 1 is 1.18 bits per heavy atom. The van der Waals surface area contributed by atoms with Crippen molar-refractivity contribution in [1.29, 1.82) is 0 Å². The fraction of sp³-hybridized carbons (Fsp3) is 0.556. The molecule has 1 saturated heterocycles. The van der Waals surface area contributed by atoms with E-state index in [1.807, 2.05) is 0 Å². The minimum atomic E-state index is 0.941. The van der Waals surface area contributed by atoms with Crippen LogP contribution in [0.4, 0.5) is 0 Å². The summed E-state index contributed by atoms with van der Waals surface area (Å²) in [6.45, 7) is 9.02. The van der Waals surface area contributed by atoms with Gasteiger partial charge in [0.25, 0.3) is 0 Å². The first-order valence-corrected chi connectivity index (χ1v) is 8.40. The van der Waals surface area contributed by atoms with Gasteiger partial charge < -0.3 is 19.5 Å². The van der Waals surface area contributed by atoms with Gasteiger partial charge in [-0.2, -0.15) is 0 Å². The number of rotatable bonds is 6. The van der Waals surface area contributed by atoms with Crippen molar-refractivity contribution >= 4 is 10.9 Å². The van der Waals surface area contributed by atoms with Crippen molar-refractivity contribution < 1.29 is 4.74 Å². The summed E-state index contributed by atoms with van der Waals surface area (Å²) in [4.78, 5) is 2.56. The summed E-state index contributed by atoms with van der Waals surface area (Å²) in [7, 11) is 1.74. The van der Waals surface area contributed by atoms with Crippen LogP contribution in [-0.4, -0.2) is 49.3 Å². The lowest BCUT2D eigenvalue weighted by atomic mass is 10.1. The summed E-state index contributed by atoms with van der Waals surface area (Å²) >= 11 is 0. The van der Waals surface area contributed by atoms with Crippen molar-refractivity contribution in [2.45, 2.75) is 26.3 Å². The molecule has 1 aliphatic rings. The van der Waals surface area contributed by atoms with Crippen LogP contribution in [0, 0.1) is 0 Å². The van der Waals surface area contributed by atoms with Crippen LogP contribution >= 0.6 is 0 Å². The molecule has 0 amide bonds. The van der Waals surface area contributed by atoms with E-state index in [9.17, 15) is 0 Å². The van der Waals surface area contributed by atoms with Gasteiger partial charge in [0, 0.05) is 56.9 Å². The zero-order valence-corrected chi connectivity index (χ0v) is 13.8. The lowest BCUT2D eigenvalue weighted by Crippen LogP contribution is -2.44. The van der Waals surface area contributed by atoms with Gasteiger partial charge in [0.1, 0.15) is 5.75 Å². The van der Waals surface area contributed by atoms with E-state index in [1.54, 1.807) is 7.11 Å². The number of methoxy groups -OCH3 is 1. The number of piperazine rings is 1. The highest BCUT2D eigenvalue weighted by atomic mass is 16.5. The maximum absolute atomic E-state index is 5.39. The summed E-state index contributed by atoms with van der Waals surface area (Å²) in [5.41, 5.74) is 2.76. The second-order valence-corrected chi connectivity index (χ2v) is 6.07. The Balaban J connectivity index is 1.81. The standard InChI is InChI=1S/C18H27N3O/c1-3-9-21-14-15(6-10-20-11-7-19-8-12-20)17-5-4-16(22-2)13-18(17)21/h4-5,13-14,19H,3,6-12H2,1-2H3. The third-order valence-corrected chi connectivity index (χ3v) is 4.54. The molecule has 120 valence electrons. The van der Waals surface area contributed by atoms with Crippen molar-refractivity contribution in [3.05, 3.63) is 30.0 Å². The van der Waals surface area contributed by atoms with Crippen LogP contribution in [0.1, 0.15) is 18.9 Å². The predicted octanol–water partition coefficient (Wildman–Crippen LogP) is 2.51. The summed E-state index contributed by atoms with van der Waals surface area (Å²) in [5.74, 6) is 0.941. The lowest BCUT2D eigenvalue weighted by molar-refractivity contribution is 0.244. The normalized spacial score (nSPS) is 16.3. The minimum Gasteiger partial charge on any atom is -0.497 e. The van der Waals surface area contributed by atoms with Crippen LogP contribution in [0.5, 0.6) is 5.75 Å². The zero-order chi connectivity index (χ0) is 15.4. The number of benzene rings is 1. The van der Waals surface area contributed by atoms with Gasteiger partial charge in [-0.3, -0.25) is 0 Å². The smallest absolute Gasteiger partial charge is 0.120 e. The van der Waals surface area contributed by atoms with E-state index in [0.29, 0.717) is 0 Å². The predicted molar refractivity (Wildman–Crippen MR) is 91.8 cm³/mol. The van der Waals surface area contributed by atoms with Crippen LogP contribution in [0.2, 0.25) is 0 Å². The summed E-state index contributed by atoms with van der Waals surface area (Å²) in [6.07, 6.45) is 4.62. The number of ether oxygens (including phenoxy) is 1. The number of hydrogen-bond acceptors (Lipinski definition) is 3. The number of aryl methyl sites for hydroxylation is 1. The third kappa shape index (κ3) is 3.28. The van der Waals surface area contributed by atoms with Crippen molar-refractivity contribution in [3.63, 3.8) is 0 Å². The average Bonchev–Trinajstić information content (AvgIpc) is 2.91. The van der Waals surface area contributed by atoms with Crippen LogP contribution in [0.3, 0.4) is 0 Å². The van der Waals surface area contributed by atoms with Crippen molar-refractivity contribution in [2.75, 3.05) is 39.8 Å². The van der Waals surface area contributed by atoms with Gasteiger partial charge in [-0.1, -0.05) is 6.92 Å². The first-order valence-electron chi connectivity index (χ1n) is 8.40. The molecule has 0 unspecified atom stereocenters. The fourth-order valence-electron chi connectivity index (χ4n) is 3.31. The van der Waals surface area contributed by atoms with E-state index in [4.69, 9.17) is 4.74 Å². The van der Waals surface area contributed by atoms with Gasteiger partial charge in [-0.05, 0) is 30.5 Å². The van der Waals surface area contributed by atoms with Crippen molar-refractivity contribution in [3.8, 4) is 5.75 Å². The molecule has 1 N–H and O–H groups in total.